The third kappa shape index (κ3) is 3.58. The smallest absolute Gasteiger partial charge is 0.0874 e. The molecule has 0 saturated carbocycles. The van der Waals surface area contributed by atoms with Gasteiger partial charge in [0.25, 0.3) is 0 Å². The van der Waals surface area contributed by atoms with E-state index in [2.05, 4.69) is 33.2 Å². The number of benzene rings is 1. The summed E-state index contributed by atoms with van der Waals surface area (Å²) in [5.41, 5.74) is 1.01. The van der Waals surface area contributed by atoms with E-state index in [1.54, 1.807) is 0 Å². The SMILES string of the molecule is CN1CCOC(CNc2cccc(Cl)c2Br)C1. The highest BCUT2D eigenvalue weighted by Gasteiger charge is 2.17. The Kier molecular flexibility index (Phi) is 4.68. The van der Waals surface area contributed by atoms with Crippen LogP contribution in [0.15, 0.2) is 22.7 Å². The second-order valence-electron chi connectivity index (χ2n) is 4.24. The van der Waals surface area contributed by atoms with E-state index in [1.165, 1.54) is 0 Å². The summed E-state index contributed by atoms with van der Waals surface area (Å²) in [6.07, 6.45) is 0.236. The summed E-state index contributed by atoms with van der Waals surface area (Å²) in [5.74, 6) is 0. The van der Waals surface area contributed by atoms with Gasteiger partial charge in [-0.15, -0.1) is 0 Å². The van der Waals surface area contributed by atoms with Gasteiger partial charge < -0.3 is 15.0 Å². The second kappa shape index (κ2) is 6.05. The Morgan fingerprint density at radius 1 is 1.59 bits per heavy atom. The molecule has 1 aromatic rings. The van der Waals surface area contributed by atoms with Gasteiger partial charge in [0.2, 0.25) is 0 Å². The van der Waals surface area contributed by atoms with Gasteiger partial charge in [0.15, 0.2) is 0 Å². The first-order chi connectivity index (χ1) is 8.16. The summed E-state index contributed by atoms with van der Waals surface area (Å²) in [6.45, 7) is 3.57. The summed E-state index contributed by atoms with van der Waals surface area (Å²) >= 11 is 9.50. The maximum atomic E-state index is 6.03. The minimum absolute atomic E-state index is 0.236. The first-order valence-electron chi connectivity index (χ1n) is 5.65. The molecule has 0 amide bonds. The number of halogens is 2. The van der Waals surface area contributed by atoms with Crippen molar-refractivity contribution in [3.63, 3.8) is 0 Å². The lowest BCUT2D eigenvalue weighted by Gasteiger charge is -2.30. The van der Waals surface area contributed by atoms with E-state index < -0.39 is 0 Å². The predicted octanol–water partition coefficient (Wildman–Crippen LogP) is 2.85. The van der Waals surface area contributed by atoms with Gasteiger partial charge in [-0.1, -0.05) is 17.7 Å². The fourth-order valence-electron chi connectivity index (χ4n) is 1.85. The van der Waals surface area contributed by atoms with Crippen molar-refractivity contribution in [3.8, 4) is 0 Å². The molecule has 0 spiro atoms. The summed E-state index contributed by atoms with van der Waals surface area (Å²) in [7, 11) is 2.12. The van der Waals surface area contributed by atoms with Crippen LogP contribution in [-0.4, -0.2) is 44.3 Å². The van der Waals surface area contributed by atoms with E-state index in [0.717, 1.165) is 41.4 Å². The van der Waals surface area contributed by atoms with Crippen molar-refractivity contribution in [2.75, 3.05) is 38.6 Å². The van der Waals surface area contributed by atoms with Gasteiger partial charge in [-0.3, -0.25) is 0 Å². The van der Waals surface area contributed by atoms with Crippen molar-refractivity contribution < 1.29 is 4.74 Å². The summed E-state index contributed by atoms with van der Waals surface area (Å²) in [4.78, 5) is 2.28. The number of rotatable bonds is 3. The van der Waals surface area contributed by atoms with E-state index in [0.29, 0.717) is 0 Å². The lowest BCUT2D eigenvalue weighted by molar-refractivity contribution is -0.0117. The molecule has 3 nitrogen and oxygen atoms in total. The highest BCUT2D eigenvalue weighted by atomic mass is 79.9. The standard InChI is InChI=1S/C12H16BrClN2O/c1-16-5-6-17-9(8-16)7-15-11-4-2-3-10(14)12(11)13/h2-4,9,15H,5-8H2,1H3. The van der Waals surface area contributed by atoms with Crippen LogP contribution in [0.2, 0.25) is 5.02 Å². The quantitative estimate of drug-likeness (QED) is 0.927. The Balaban J connectivity index is 1.91. The van der Waals surface area contributed by atoms with E-state index in [4.69, 9.17) is 16.3 Å². The topological polar surface area (TPSA) is 24.5 Å². The molecular formula is C12H16BrClN2O. The van der Waals surface area contributed by atoms with Crippen LogP contribution in [0.5, 0.6) is 0 Å². The molecule has 0 aliphatic carbocycles. The number of nitrogens with one attached hydrogen (secondary N) is 1. The van der Waals surface area contributed by atoms with Crippen molar-refractivity contribution in [3.05, 3.63) is 27.7 Å². The van der Waals surface area contributed by atoms with Gasteiger partial charge in [0.1, 0.15) is 0 Å². The summed E-state index contributed by atoms with van der Waals surface area (Å²) in [5, 5.41) is 4.08. The molecule has 1 saturated heterocycles. The van der Waals surface area contributed by atoms with Gasteiger partial charge >= 0.3 is 0 Å². The first kappa shape index (κ1) is 13.1. The third-order valence-electron chi connectivity index (χ3n) is 2.81. The molecular weight excluding hydrogens is 304 g/mol. The van der Waals surface area contributed by atoms with E-state index in [-0.39, 0.29) is 6.10 Å². The second-order valence-corrected chi connectivity index (χ2v) is 5.44. The molecule has 94 valence electrons. The molecule has 1 unspecified atom stereocenters. The number of hydrogen-bond acceptors (Lipinski definition) is 3. The number of morpholine rings is 1. The Labute approximate surface area is 115 Å². The Bertz CT molecular complexity index is 389. The molecule has 17 heavy (non-hydrogen) atoms. The van der Waals surface area contributed by atoms with Gasteiger partial charge in [0, 0.05) is 19.6 Å². The molecule has 1 atom stereocenters. The van der Waals surface area contributed by atoms with Crippen molar-refractivity contribution in [2.24, 2.45) is 0 Å². The van der Waals surface area contributed by atoms with E-state index in [9.17, 15) is 0 Å². The molecule has 1 N–H and O–H groups in total. The number of anilines is 1. The highest BCUT2D eigenvalue weighted by Crippen LogP contribution is 2.29. The molecule has 1 aliphatic rings. The first-order valence-corrected chi connectivity index (χ1v) is 6.82. The van der Waals surface area contributed by atoms with Crippen LogP contribution in [0.1, 0.15) is 0 Å². The Morgan fingerprint density at radius 2 is 2.41 bits per heavy atom. The maximum Gasteiger partial charge on any atom is 0.0874 e. The van der Waals surface area contributed by atoms with Crippen molar-refractivity contribution in [2.45, 2.75) is 6.10 Å². The Morgan fingerprint density at radius 3 is 3.18 bits per heavy atom. The number of ether oxygens (including phenoxy) is 1. The van der Waals surface area contributed by atoms with Crippen LogP contribution in [0.3, 0.4) is 0 Å². The lowest BCUT2D eigenvalue weighted by atomic mass is 10.2. The predicted molar refractivity (Wildman–Crippen MR) is 74.9 cm³/mol. The molecule has 1 aromatic carbocycles. The van der Waals surface area contributed by atoms with Crippen LogP contribution in [0, 0.1) is 0 Å². The fraction of sp³-hybridized carbons (Fsp3) is 0.500. The molecule has 1 aliphatic heterocycles. The van der Waals surface area contributed by atoms with Gasteiger partial charge in [-0.2, -0.15) is 0 Å². The molecule has 5 heteroatoms. The van der Waals surface area contributed by atoms with Gasteiger partial charge in [-0.25, -0.2) is 0 Å². The Hall–Kier alpha value is -0.290. The average Bonchev–Trinajstić information content (AvgIpc) is 2.31. The zero-order valence-corrected chi connectivity index (χ0v) is 12.1. The van der Waals surface area contributed by atoms with Crippen LogP contribution in [-0.2, 0) is 4.74 Å². The van der Waals surface area contributed by atoms with Gasteiger partial charge in [0.05, 0.1) is 27.9 Å². The van der Waals surface area contributed by atoms with E-state index >= 15 is 0 Å². The average molecular weight is 320 g/mol. The van der Waals surface area contributed by atoms with Crippen molar-refractivity contribution >= 4 is 33.2 Å². The minimum Gasteiger partial charge on any atom is -0.381 e. The molecule has 0 aromatic heterocycles. The minimum atomic E-state index is 0.236. The number of likely N-dealkylation sites (N-methyl/N-ethyl adjacent to an activating group) is 1. The maximum absolute atomic E-state index is 6.03. The summed E-state index contributed by atoms with van der Waals surface area (Å²) in [6, 6.07) is 5.80. The molecule has 1 fully saturated rings. The zero-order valence-electron chi connectivity index (χ0n) is 9.75. The van der Waals surface area contributed by atoms with E-state index in [1.807, 2.05) is 18.2 Å². The lowest BCUT2D eigenvalue weighted by Crippen LogP contribution is -2.43. The molecule has 0 bridgehead atoms. The summed E-state index contributed by atoms with van der Waals surface area (Å²) < 4.78 is 6.60. The highest BCUT2D eigenvalue weighted by molar-refractivity contribution is 9.10. The van der Waals surface area contributed by atoms with Crippen LogP contribution < -0.4 is 5.32 Å². The number of nitrogens with zero attached hydrogens (tertiary/aromatic N) is 1. The van der Waals surface area contributed by atoms with Crippen LogP contribution in [0.25, 0.3) is 0 Å². The molecule has 0 radical (unpaired) electrons. The number of hydrogen-bond donors (Lipinski definition) is 1. The van der Waals surface area contributed by atoms with Crippen LogP contribution in [0.4, 0.5) is 5.69 Å². The zero-order chi connectivity index (χ0) is 12.3. The van der Waals surface area contributed by atoms with Crippen molar-refractivity contribution in [1.82, 2.24) is 4.90 Å². The fourth-order valence-corrected chi connectivity index (χ4v) is 2.43. The molecule has 1 heterocycles. The monoisotopic (exact) mass is 318 g/mol. The third-order valence-corrected chi connectivity index (χ3v) is 4.21. The van der Waals surface area contributed by atoms with Crippen molar-refractivity contribution in [1.29, 1.82) is 0 Å². The largest absolute Gasteiger partial charge is 0.381 e. The molecule has 2 rings (SSSR count). The normalized spacial score (nSPS) is 21.5. The van der Waals surface area contributed by atoms with Crippen LogP contribution >= 0.6 is 27.5 Å². The van der Waals surface area contributed by atoms with Gasteiger partial charge in [-0.05, 0) is 35.1 Å².